The van der Waals surface area contributed by atoms with Crippen molar-refractivity contribution in [3.05, 3.63) is 125 Å². The highest BCUT2D eigenvalue weighted by atomic mass is 16.2. The van der Waals surface area contributed by atoms with Gasteiger partial charge in [0.1, 0.15) is 0 Å². The van der Waals surface area contributed by atoms with Gasteiger partial charge < -0.3 is 10.6 Å². The topological polar surface area (TPSA) is 88.2 Å². The van der Waals surface area contributed by atoms with E-state index in [1.165, 1.54) is 6.20 Å². The molecule has 0 aliphatic carbocycles. The first-order chi connectivity index (χ1) is 16.5. The first kappa shape index (κ1) is 22.6. The Morgan fingerprint density at radius 2 is 1.44 bits per heavy atom. The van der Waals surface area contributed by atoms with Crippen LogP contribution < -0.4 is 10.6 Å². The standard InChI is InChI=1S/C28H23N3O3/c1-19-9-10-20(16-25(19)27(33)21-6-3-2-4-7-21)17-26(32)30-23-11-13-24(14-12-23)31-28(34)22-8-5-15-29-18-22/h2-16,18H,17H2,1H3,(H,30,32)(H,31,34). The van der Waals surface area contributed by atoms with Crippen molar-refractivity contribution >= 4 is 29.0 Å². The Hall–Kier alpha value is -4.58. The Kier molecular flexibility index (Phi) is 6.89. The number of carbonyl (C=O) groups is 3. The minimum Gasteiger partial charge on any atom is -0.326 e. The van der Waals surface area contributed by atoms with Crippen LogP contribution in [0.25, 0.3) is 0 Å². The molecule has 0 bridgehead atoms. The molecule has 0 aliphatic heterocycles. The highest BCUT2D eigenvalue weighted by Crippen LogP contribution is 2.18. The summed E-state index contributed by atoms with van der Waals surface area (Å²) in [6.45, 7) is 1.88. The molecule has 6 heteroatoms. The molecule has 0 fully saturated rings. The summed E-state index contributed by atoms with van der Waals surface area (Å²) in [6.07, 6.45) is 3.23. The lowest BCUT2D eigenvalue weighted by Gasteiger charge is -2.10. The molecule has 1 aromatic heterocycles. The van der Waals surface area contributed by atoms with Crippen LogP contribution in [0.2, 0.25) is 0 Å². The number of hydrogen-bond acceptors (Lipinski definition) is 4. The number of hydrogen-bond donors (Lipinski definition) is 2. The summed E-state index contributed by atoms with van der Waals surface area (Å²) in [5, 5.41) is 5.64. The van der Waals surface area contributed by atoms with Gasteiger partial charge in [0.15, 0.2) is 5.78 Å². The summed E-state index contributed by atoms with van der Waals surface area (Å²) in [5.41, 5.74) is 4.49. The van der Waals surface area contributed by atoms with Crippen LogP contribution in [-0.4, -0.2) is 22.6 Å². The second-order valence-corrected chi connectivity index (χ2v) is 7.84. The maximum Gasteiger partial charge on any atom is 0.257 e. The van der Waals surface area contributed by atoms with E-state index in [0.29, 0.717) is 28.1 Å². The molecule has 4 aromatic rings. The molecule has 0 radical (unpaired) electrons. The van der Waals surface area contributed by atoms with Crippen molar-refractivity contribution < 1.29 is 14.4 Å². The zero-order chi connectivity index (χ0) is 23.9. The lowest BCUT2D eigenvalue weighted by Crippen LogP contribution is -2.15. The number of rotatable bonds is 7. The average Bonchev–Trinajstić information content (AvgIpc) is 2.87. The minimum absolute atomic E-state index is 0.0655. The zero-order valence-corrected chi connectivity index (χ0v) is 18.6. The van der Waals surface area contributed by atoms with Gasteiger partial charge in [-0.1, -0.05) is 42.5 Å². The molecule has 6 nitrogen and oxygen atoms in total. The molecule has 4 rings (SSSR count). The van der Waals surface area contributed by atoms with Crippen LogP contribution in [0, 0.1) is 6.92 Å². The number of aromatic nitrogens is 1. The smallest absolute Gasteiger partial charge is 0.257 e. The zero-order valence-electron chi connectivity index (χ0n) is 18.6. The lowest BCUT2D eigenvalue weighted by molar-refractivity contribution is -0.115. The molecular weight excluding hydrogens is 426 g/mol. The van der Waals surface area contributed by atoms with Gasteiger partial charge in [0.25, 0.3) is 5.91 Å². The average molecular weight is 450 g/mol. The van der Waals surface area contributed by atoms with Crippen LogP contribution in [0.4, 0.5) is 11.4 Å². The van der Waals surface area contributed by atoms with Crippen LogP contribution in [-0.2, 0) is 11.2 Å². The summed E-state index contributed by atoms with van der Waals surface area (Å²) in [7, 11) is 0. The van der Waals surface area contributed by atoms with Crippen molar-refractivity contribution in [1.29, 1.82) is 0 Å². The molecular formula is C28H23N3O3. The second-order valence-electron chi connectivity index (χ2n) is 7.84. The monoisotopic (exact) mass is 449 g/mol. The maximum absolute atomic E-state index is 12.9. The Morgan fingerprint density at radius 1 is 0.765 bits per heavy atom. The molecule has 0 saturated carbocycles. The fraction of sp³-hybridized carbons (Fsp3) is 0.0714. The third-order valence-electron chi connectivity index (χ3n) is 5.30. The van der Waals surface area contributed by atoms with Gasteiger partial charge >= 0.3 is 0 Å². The van der Waals surface area contributed by atoms with Gasteiger partial charge in [0.2, 0.25) is 5.91 Å². The predicted molar refractivity (Wildman–Crippen MR) is 132 cm³/mol. The van der Waals surface area contributed by atoms with Crippen LogP contribution in [0.3, 0.4) is 0 Å². The second kappa shape index (κ2) is 10.4. The van der Waals surface area contributed by atoms with Gasteiger partial charge in [-0.2, -0.15) is 0 Å². The van der Waals surface area contributed by atoms with E-state index in [1.807, 2.05) is 37.3 Å². The quantitative estimate of drug-likeness (QED) is 0.386. The van der Waals surface area contributed by atoms with Crippen LogP contribution >= 0.6 is 0 Å². The van der Waals surface area contributed by atoms with E-state index >= 15 is 0 Å². The molecule has 2 N–H and O–H groups in total. The number of carbonyl (C=O) groups excluding carboxylic acids is 3. The van der Waals surface area contributed by atoms with Gasteiger partial charge in [-0.15, -0.1) is 0 Å². The SMILES string of the molecule is Cc1ccc(CC(=O)Nc2ccc(NC(=O)c3cccnc3)cc2)cc1C(=O)c1ccccc1. The fourth-order valence-electron chi connectivity index (χ4n) is 3.50. The molecule has 2 amide bonds. The number of amides is 2. The highest BCUT2D eigenvalue weighted by molar-refractivity contribution is 6.10. The predicted octanol–water partition coefficient (Wildman–Crippen LogP) is 5.05. The Balaban J connectivity index is 1.38. The van der Waals surface area contributed by atoms with Gasteiger partial charge in [0.05, 0.1) is 12.0 Å². The normalized spacial score (nSPS) is 10.4. The molecule has 1 heterocycles. The van der Waals surface area contributed by atoms with Gasteiger partial charge in [-0.05, 0) is 60.5 Å². The first-order valence-electron chi connectivity index (χ1n) is 10.8. The third-order valence-corrected chi connectivity index (χ3v) is 5.30. The number of pyridine rings is 1. The maximum atomic E-state index is 12.9. The summed E-state index contributed by atoms with van der Waals surface area (Å²) in [6, 6.07) is 24.8. The van der Waals surface area contributed by atoms with Crippen molar-refractivity contribution in [2.24, 2.45) is 0 Å². The van der Waals surface area contributed by atoms with Crippen LogP contribution in [0.15, 0.2) is 97.3 Å². The molecule has 0 saturated heterocycles. The molecule has 0 spiro atoms. The third kappa shape index (κ3) is 5.61. The Morgan fingerprint density at radius 3 is 2.12 bits per heavy atom. The van der Waals surface area contributed by atoms with E-state index in [1.54, 1.807) is 60.8 Å². The lowest BCUT2D eigenvalue weighted by atomic mass is 9.96. The number of benzene rings is 3. The van der Waals surface area contributed by atoms with E-state index in [-0.39, 0.29) is 24.0 Å². The van der Waals surface area contributed by atoms with Crippen LogP contribution in [0.5, 0.6) is 0 Å². The Bertz CT molecular complexity index is 1320. The van der Waals surface area contributed by atoms with Crippen LogP contribution in [0.1, 0.15) is 37.4 Å². The van der Waals surface area contributed by atoms with Crippen molar-refractivity contribution in [2.75, 3.05) is 10.6 Å². The minimum atomic E-state index is -0.259. The van der Waals surface area contributed by atoms with Gasteiger partial charge in [-0.25, -0.2) is 0 Å². The molecule has 0 unspecified atom stereocenters. The number of aryl methyl sites for hydroxylation is 1. The molecule has 34 heavy (non-hydrogen) atoms. The first-order valence-corrected chi connectivity index (χ1v) is 10.8. The number of nitrogens with zero attached hydrogens (tertiary/aromatic N) is 1. The Labute approximate surface area is 197 Å². The largest absolute Gasteiger partial charge is 0.326 e. The van der Waals surface area contributed by atoms with Crippen molar-refractivity contribution in [2.45, 2.75) is 13.3 Å². The van der Waals surface area contributed by atoms with Crippen molar-refractivity contribution in [1.82, 2.24) is 4.98 Å². The number of anilines is 2. The fourth-order valence-corrected chi connectivity index (χ4v) is 3.50. The molecule has 0 atom stereocenters. The summed E-state index contributed by atoms with van der Waals surface area (Å²) in [4.78, 5) is 41.6. The summed E-state index contributed by atoms with van der Waals surface area (Å²) in [5.74, 6) is -0.525. The van der Waals surface area contributed by atoms with E-state index < -0.39 is 0 Å². The van der Waals surface area contributed by atoms with Gasteiger partial charge in [0, 0.05) is 34.9 Å². The summed E-state index contributed by atoms with van der Waals surface area (Å²) < 4.78 is 0. The molecule has 0 aliphatic rings. The van der Waals surface area contributed by atoms with E-state index in [2.05, 4.69) is 15.6 Å². The van der Waals surface area contributed by atoms with Gasteiger partial charge in [-0.3, -0.25) is 19.4 Å². The molecule has 168 valence electrons. The van der Waals surface area contributed by atoms with E-state index in [0.717, 1.165) is 11.1 Å². The number of nitrogens with one attached hydrogen (secondary N) is 2. The highest BCUT2D eigenvalue weighted by Gasteiger charge is 2.14. The van der Waals surface area contributed by atoms with E-state index in [9.17, 15) is 14.4 Å². The summed E-state index contributed by atoms with van der Waals surface area (Å²) >= 11 is 0. The molecule has 3 aromatic carbocycles. The van der Waals surface area contributed by atoms with Crippen molar-refractivity contribution in [3.63, 3.8) is 0 Å². The number of ketones is 1. The van der Waals surface area contributed by atoms with E-state index in [4.69, 9.17) is 0 Å². The van der Waals surface area contributed by atoms with Crippen molar-refractivity contribution in [3.8, 4) is 0 Å².